The van der Waals surface area contributed by atoms with E-state index in [1.165, 1.54) is 38.5 Å². The molecule has 1 atom stereocenters. The first-order valence-electron chi connectivity index (χ1n) is 7.59. The van der Waals surface area contributed by atoms with E-state index in [-0.39, 0.29) is 6.61 Å². The van der Waals surface area contributed by atoms with E-state index in [2.05, 4.69) is 21.0 Å². The van der Waals surface area contributed by atoms with E-state index < -0.39 is 6.10 Å². The van der Waals surface area contributed by atoms with Gasteiger partial charge in [-0.2, -0.15) is 4.37 Å². The maximum Gasteiger partial charge on any atom is 0.245 e. The number of aliphatic hydroxyl groups excluding tert-OH is 1. The largest absolute Gasteiger partial charge is 0.473 e. The minimum atomic E-state index is -0.495. The smallest absolute Gasteiger partial charge is 0.245 e. The third-order valence-corrected chi connectivity index (χ3v) is 4.41. The maximum atomic E-state index is 9.88. The maximum absolute atomic E-state index is 9.88. The van der Waals surface area contributed by atoms with Crippen LogP contribution in [0.3, 0.4) is 0 Å². The summed E-state index contributed by atoms with van der Waals surface area (Å²) in [4.78, 5) is 0. The first kappa shape index (κ1) is 15.7. The Balaban J connectivity index is 1.56. The summed E-state index contributed by atoms with van der Waals surface area (Å²) in [5.74, 6) is 1.41. The standard InChI is InChI=1S/C14H25N3O2S/c1-2-3-11-4-6-12(7-5-11)15-8-13(18)10-19-14-9-16-20-17-14/h9,11-13,15,18H,2-8,10H2,1H3. The predicted molar refractivity (Wildman–Crippen MR) is 80.1 cm³/mol. The molecule has 0 aromatic carbocycles. The Morgan fingerprint density at radius 3 is 2.90 bits per heavy atom. The number of nitrogens with one attached hydrogen (secondary N) is 1. The molecule has 114 valence electrons. The van der Waals surface area contributed by atoms with E-state index in [1.54, 1.807) is 6.20 Å². The molecular weight excluding hydrogens is 274 g/mol. The highest BCUT2D eigenvalue weighted by Gasteiger charge is 2.20. The van der Waals surface area contributed by atoms with E-state index >= 15 is 0 Å². The van der Waals surface area contributed by atoms with Crippen LogP contribution in [-0.4, -0.2) is 39.2 Å². The first-order chi connectivity index (χ1) is 9.78. The molecule has 5 nitrogen and oxygen atoms in total. The van der Waals surface area contributed by atoms with Gasteiger partial charge < -0.3 is 15.2 Å². The molecule has 6 heteroatoms. The van der Waals surface area contributed by atoms with Crippen LogP contribution in [0.5, 0.6) is 5.88 Å². The van der Waals surface area contributed by atoms with Crippen molar-refractivity contribution in [1.29, 1.82) is 0 Å². The molecule has 0 saturated heterocycles. The molecule has 2 N–H and O–H groups in total. The van der Waals surface area contributed by atoms with Crippen molar-refractivity contribution in [3.05, 3.63) is 6.20 Å². The molecule has 1 unspecified atom stereocenters. The number of hydrogen-bond acceptors (Lipinski definition) is 6. The van der Waals surface area contributed by atoms with Crippen LogP contribution in [0.15, 0.2) is 6.20 Å². The fourth-order valence-electron chi connectivity index (χ4n) is 2.83. The summed E-state index contributed by atoms with van der Waals surface area (Å²) >= 11 is 1.11. The molecule has 1 aromatic heterocycles. The van der Waals surface area contributed by atoms with E-state index in [0.29, 0.717) is 18.5 Å². The van der Waals surface area contributed by atoms with Crippen LogP contribution in [0, 0.1) is 5.92 Å². The lowest BCUT2D eigenvalue weighted by molar-refractivity contribution is 0.0986. The van der Waals surface area contributed by atoms with Gasteiger partial charge in [0, 0.05) is 12.6 Å². The van der Waals surface area contributed by atoms with E-state index in [0.717, 1.165) is 17.6 Å². The second-order valence-corrected chi connectivity index (χ2v) is 6.18. The SMILES string of the molecule is CCCC1CCC(NCC(O)COc2cnsn2)CC1. The molecule has 2 rings (SSSR count). The summed E-state index contributed by atoms with van der Waals surface area (Å²) in [5.41, 5.74) is 0. The minimum absolute atomic E-state index is 0.267. The molecule has 1 aromatic rings. The summed E-state index contributed by atoms with van der Waals surface area (Å²) < 4.78 is 13.1. The van der Waals surface area contributed by atoms with Gasteiger partial charge in [-0.05, 0) is 31.6 Å². The van der Waals surface area contributed by atoms with Gasteiger partial charge in [-0.3, -0.25) is 0 Å². The summed E-state index contributed by atoms with van der Waals surface area (Å²) in [6, 6.07) is 0.554. The van der Waals surface area contributed by atoms with Crippen LogP contribution < -0.4 is 10.1 Å². The Morgan fingerprint density at radius 2 is 2.25 bits per heavy atom. The van der Waals surface area contributed by atoms with Crippen LogP contribution in [0.2, 0.25) is 0 Å². The number of ether oxygens (including phenoxy) is 1. The fourth-order valence-corrected chi connectivity index (χ4v) is 3.19. The van der Waals surface area contributed by atoms with Crippen molar-refractivity contribution in [3.63, 3.8) is 0 Å². The number of nitrogens with zero attached hydrogens (tertiary/aromatic N) is 2. The topological polar surface area (TPSA) is 67.3 Å². The Labute approximate surface area is 125 Å². The molecule has 20 heavy (non-hydrogen) atoms. The fraction of sp³-hybridized carbons (Fsp3) is 0.857. The lowest BCUT2D eigenvalue weighted by Crippen LogP contribution is -2.39. The molecule has 0 aliphatic heterocycles. The summed E-state index contributed by atoms with van der Waals surface area (Å²) in [6.45, 7) is 3.11. The van der Waals surface area contributed by atoms with Gasteiger partial charge >= 0.3 is 0 Å². The van der Waals surface area contributed by atoms with Crippen LogP contribution in [0.1, 0.15) is 45.4 Å². The zero-order chi connectivity index (χ0) is 14.2. The van der Waals surface area contributed by atoms with Gasteiger partial charge in [0.1, 0.15) is 18.9 Å². The quantitative estimate of drug-likeness (QED) is 0.770. The Bertz CT molecular complexity index is 353. The third kappa shape index (κ3) is 5.34. The van der Waals surface area contributed by atoms with Crippen LogP contribution in [0.4, 0.5) is 0 Å². The number of aliphatic hydroxyl groups is 1. The van der Waals surface area contributed by atoms with Crippen molar-refractivity contribution in [2.75, 3.05) is 13.2 Å². The van der Waals surface area contributed by atoms with Gasteiger partial charge in [-0.15, -0.1) is 4.37 Å². The molecule has 1 aliphatic rings. The third-order valence-electron chi connectivity index (χ3n) is 3.95. The highest BCUT2D eigenvalue weighted by molar-refractivity contribution is 6.99. The van der Waals surface area contributed by atoms with E-state index in [1.807, 2.05) is 0 Å². The highest BCUT2D eigenvalue weighted by Crippen LogP contribution is 2.27. The number of rotatable bonds is 8. The lowest BCUT2D eigenvalue weighted by atomic mass is 9.83. The molecule has 0 bridgehead atoms. The van der Waals surface area contributed by atoms with Crippen LogP contribution in [0.25, 0.3) is 0 Å². The van der Waals surface area contributed by atoms with Crippen molar-refractivity contribution in [1.82, 2.24) is 14.1 Å². The summed E-state index contributed by atoms with van der Waals surface area (Å²) in [6.07, 6.45) is 8.84. The molecule has 1 aliphatic carbocycles. The van der Waals surface area contributed by atoms with Crippen LogP contribution in [-0.2, 0) is 0 Å². The average Bonchev–Trinajstić information content (AvgIpc) is 2.98. The highest BCUT2D eigenvalue weighted by atomic mass is 32.1. The zero-order valence-electron chi connectivity index (χ0n) is 12.1. The molecule has 0 spiro atoms. The molecule has 0 radical (unpaired) electrons. The monoisotopic (exact) mass is 299 g/mol. The number of hydrogen-bond donors (Lipinski definition) is 2. The molecular formula is C14H25N3O2S. The molecule has 0 amide bonds. The van der Waals surface area contributed by atoms with E-state index in [4.69, 9.17) is 4.74 Å². The Hall–Kier alpha value is -0.720. The van der Waals surface area contributed by atoms with Crippen molar-refractivity contribution >= 4 is 11.7 Å². The molecule has 1 saturated carbocycles. The van der Waals surface area contributed by atoms with Crippen molar-refractivity contribution in [3.8, 4) is 5.88 Å². The van der Waals surface area contributed by atoms with Crippen molar-refractivity contribution in [2.45, 2.75) is 57.6 Å². The first-order valence-corrected chi connectivity index (χ1v) is 8.32. The Kier molecular flexibility index (Phi) is 6.69. The minimum Gasteiger partial charge on any atom is -0.473 e. The second kappa shape index (κ2) is 8.54. The van der Waals surface area contributed by atoms with Gasteiger partial charge in [-0.1, -0.05) is 19.8 Å². The molecule has 1 fully saturated rings. The van der Waals surface area contributed by atoms with Crippen molar-refractivity contribution in [2.24, 2.45) is 5.92 Å². The van der Waals surface area contributed by atoms with Gasteiger partial charge in [0.05, 0.1) is 11.7 Å². The number of aromatic nitrogens is 2. The van der Waals surface area contributed by atoms with Gasteiger partial charge in [-0.25, -0.2) is 0 Å². The van der Waals surface area contributed by atoms with Gasteiger partial charge in [0.2, 0.25) is 5.88 Å². The van der Waals surface area contributed by atoms with Gasteiger partial charge in [0.25, 0.3) is 0 Å². The van der Waals surface area contributed by atoms with Crippen molar-refractivity contribution < 1.29 is 9.84 Å². The Morgan fingerprint density at radius 1 is 1.45 bits per heavy atom. The predicted octanol–water partition coefficient (Wildman–Crippen LogP) is 2.23. The molecule has 1 heterocycles. The van der Waals surface area contributed by atoms with Crippen LogP contribution >= 0.6 is 11.7 Å². The van der Waals surface area contributed by atoms with Gasteiger partial charge in [0.15, 0.2) is 0 Å². The zero-order valence-corrected chi connectivity index (χ0v) is 12.9. The second-order valence-electron chi connectivity index (χ2n) is 5.63. The lowest BCUT2D eigenvalue weighted by Gasteiger charge is -2.29. The van der Waals surface area contributed by atoms with E-state index in [9.17, 15) is 5.11 Å². The summed E-state index contributed by atoms with van der Waals surface area (Å²) in [7, 11) is 0. The summed E-state index contributed by atoms with van der Waals surface area (Å²) in [5, 5.41) is 13.3. The average molecular weight is 299 g/mol. The normalized spacial score (nSPS) is 24.5.